The number of hydrogen-bond donors (Lipinski definition) is 4. The predicted octanol–water partition coefficient (Wildman–Crippen LogP) is -0.991. The minimum atomic E-state index is 0.705. The summed E-state index contributed by atoms with van der Waals surface area (Å²) in [6.07, 6.45) is 1.93. The normalized spacial score (nSPS) is 10.8. The van der Waals surface area contributed by atoms with Crippen LogP contribution in [-0.2, 0) is 4.18 Å². The summed E-state index contributed by atoms with van der Waals surface area (Å²) in [4.78, 5) is 0. The van der Waals surface area contributed by atoms with Crippen molar-refractivity contribution in [3.63, 3.8) is 0 Å². The Balaban J connectivity index is 2.81. The van der Waals surface area contributed by atoms with Crippen LogP contribution in [0, 0.1) is 0 Å². The van der Waals surface area contributed by atoms with Crippen molar-refractivity contribution in [2.45, 2.75) is 0 Å². The third-order valence-electron chi connectivity index (χ3n) is 1.76. The Morgan fingerprint density at radius 3 is 2.00 bits per heavy atom. The third-order valence-corrected chi connectivity index (χ3v) is 2.16. The summed E-state index contributed by atoms with van der Waals surface area (Å²) in [6.45, 7) is 7.21. The average Bonchev–Trinajstić information content (AvgIpc) is 2.26. The first-order valence-corrected chi connectivity index (χ1v) is 6.54. The summed E-state index contributed by atoms with van der Waals surface area (Å²) in [5.41, 5.74) is 5.34. The average molecular weight is 236 g/mol. The third kappa shape index (κ3) is 14.2. The molecule has 0 amide bonds. The van der Waals surface area contributed by atoms with Gasteiger partial charge in [-0.05, 0) is 12.0 Å². The largest absolute Gasteiger partial charge is 0.329 e. The van der Waals surface area contributed by atoms with Gasteiger partial charge in [-0.15, -0.1) is 0 Å². The number of nitrogens with two attached hydrogens (primary N) is 1. The second-order valence-electron chi connectivity index (χ2n) is 3.03. The van der Waals surface area contributed by atoms with Crippen LogP contribution in [0.2, 0.25) is 0 Å². The number of rotatable bonds is 12. The summed E-state index contributed by atoms with van der Waals surface area (Å²) in [6, 6.07) is 0. The molecule has 0 aliphatic rings. The summed E-state index contributed by atoms with van der Waals surface area (Å²) < 4.78 is 5.12. The van der Waals surface area contributed by atoms with Crippen LogP contribution >= 0.6 is 12.0 Å². The van der Waals surface area contributed by atoms with Crippen molar-refractivity contribution in [3.8, 4) is 0 Å². The van der Waals surface area contributed by atoms with E-state index in [1.165, 1.54) is 12.0 Å². The molecular weight excluding hydrogens is 212 g/mol. The van der Waals surface area contributed by atoms with Gasteiger partial charge in [-0.1, -0.05) is 0 Å². The molecule has 6 heteroatoms. The molecule has 0 saturated carbocycles. The highest BCUT2D eigenvalue weighted by molar-refractivity contribution is 7.93. The lowest BCUT2D eigenvalue weighted by molar-refractivity contribution is 0.368. The summed E-state index contributed by atoms with van der Waals surface area (Å²) in [5, 5.41) is 9.83. The maximum Gasteiger partial charge on any atom is 0.0738 e. The van der Waals surface area contributed by atoms with E-state index in [4.69, 9.17) is 9.92 Å². The molecule has 0 aromatic heterocycles. The molecule has 0 heterocycles. The molecular formula is C9H24N4OS. The van der Waals surface area contributed by atoms with Crippen molar-refractivity contribution >= 4 is 12.0 Å². The van der Waals surface area contributed by atoms with Crippen LogP contribution in [-0.4, -0.2) is 58.7 Å². The molecule has 0 unspecified atom stereocenters. The topological polar surface area (TPSA) is 71.3 Å². The molecule has 0 radical (unpaired) electrons. The molecule has 15 heavy (non-hydrogen) atoms. The lowest BCUT2D eigenvalue weighted by Crippen LogP contribution is -2.34. The Hall–Kier alpha value is 0.150. The van der Waals surface area contributed by atoms with Gasteiger partial charge in [0.25, 0.3) is 0 Å². The van der Waals surface area contributed by atoms with Gasteiger partial charge in [-0.25, -0.2) is 0 Å². The van der Waals surface area contributed by atoms with E-state index in [9.17, 15) is 0 Å². The highest BCUT2D eigenvalue weighted by Gasteiger charge is 1.89. The zero-order chi connectivity index (χ0) is 11.2. The molecule has 0 spiro atoms. The smallest absolute Gasteiger partial charge is 0.0738 e. The van der Waals surface area contributed by atoms with Gasteiger partial charge in [-0.3, -0.25) is 0 Å². The minimum Gasteiger partial charge on any atom is -0.329 e. The van der Waals surface area contributed by atoms with E-state index < -0.39 is 0 Å². The van der Waals surface area contributed by atoms with Crippen molar-refractivity contribution in [2.24, 2.45) is 5.73 Å². The van der Waals surface area contributed by atoms with Crippen LogP contribution in [0.5, 0.6) is 0 Å². The van der Waals surface area contributed by atoms with Crippen LogP contribution in [0.25, 0.3) is 0 Å². The zero-order valence-corrected chi connectivity index (χ0v) is 10.4. The molecule has 0 aliphatic carbocycles. The molecule has 0 fully saturated rings. The summed E-state index contributed by atoms with van der Waals surface area (Å²) >= 11 is 1.41. The Morgan fingerprint density at radius 2 is 1.47 bits per heavy atom. The van der Waals surface area contributed by atoms with E-state index in [-0.39, 0.29) is 0 Å². The van der Waals surface area contributed by atoms with Crippen LogP contribution < -0.4 is 21.7 Å². The molecule has 0 aliphatic heterocycles. The fourth-order valence-corrected chi connectivity index (χ4v) is 1.28. The molecule has 0 bridgehead atoms. The molecule has 5 N–H and O–H groups in total. The second-order valence-corrected chi connectivity index (χ2v) is 3.60. The van der Waals surface area contributed by atoms with Gasteiger partial charge in [0.15, 0.2) is 0 Å². The minimum absolute atomic E-state index is 0.705. The van der Waals surface area contributed by atoms with Gasteiger partial charge < -0.3 is 25.9 Å². The summed E-state index contributed by atoms with van der Waals surface area (Å²) in [7, 11) is 0. The van der Waals surface area contributed by atoms with Crippen molar-refractivity contribution in [1.82, 2.24) is 16.0 Å². The second kappa shape index (κ2) is 14.2. The first-order valence-electron chi connectivity index (χ1n) is 5.39. The highest BCUT2D eigenvalue weighted by atomic mass is 32.2. The van der Waals surface area contributed by atoms with Gasteiger partial charge in [0.2, 0.25) is 0 Å². The molecule has 0 saturated heterocycles. The van der Waals surface area contributed by atoms with Crippen LogP contribution in [0.1, 0.15) is 0 Å². The van der Waals surface area contributed by atoms with Gasteiger partial charge in [0, 0.05) is 52.1 Å². The maximum absolute atomic E-state index is 5.34. The zero-order valence-electron chi connectivity index (χ0n) is 9.55. The molecule has 5 nitrogen and oxygen atoms in total. The van der Waals surface area contributed by atoms with Crippen LogP contribution in [0.3, 0.4) is 0 Å². The Labute approximate surface area is 97.1 Å². The van der Waals surface area contributed by atoms with E-state index >= 15 is 0 Å². The Bertz CT molecular complexity index is 106. The number of hydrogen-bond acceptors (Lipinski definition) is 6. The fourth-order valence-electron chi connectivity index (χ4n) is 1.03. The Kier molecular flexibility index (Phi) is 14.3. The van der Waals surface area contributed by atoms with Crippen molar-refractivity contribution in [1.29, 1.82) is 0 Å². The van der Waals surface area contributed by atoms with E-state index in [0.717, 1.165) is 45.9 Å². The van der Waals surface area contributed by atoms with E-state index in [1.807, 2.05) is 6.26 Å². The quantitative estimate of drug-likeness (QED) is 0.258. The highest BCUT2D eigenvalue weighted by Crippen LogP contribution is 1.90. The van der Waals surface area contributed by atoms with Gasteiger partial charge >= 0.3 is 0 Å². The van der Waals surface area contributed by atoms with Crippen molar-refractivity contribution in [3.05, 3.63) is 0 Å². The standard InChI is InChI=1S/C9H24N4OS/c1-15-14-9-8-13-7-6-12-5-4-11-3-2-10/h11-13H,2-10H2,1H3. The van der Waals surface area contributed by atoms with Crippen molar-refractivity contribution < 1.29 is 4.18 Å². The molecule has 92 valence electrons. The SMILES string of the molecule is CSOCCNCCNCCNCCN. The fraction of sp³-hybridized carbons (Fsp3) is 1.00. The van der Waals surface area contributed by atoms with E-state index in [1.54, 1.807) is 0 Å². The van der Waals surface area contributed by atoms with Gasteiger partial charge in [0.05, 0.1) is 6.61 Å². The summed E-state index contributed by atoms with van der Waals surface area (Å²) in [5.74, 6) is 0. The van der Waals surface area contributed by atoms with E-state index in [0.29, 0.717) is 6.54 Å². The number of nitrogens with one attached hydrogen (secondary N) is 3. The first kappa shape index (κ1) is 15.2. The first-order chi connectivity index (χ1) is 7.41. The lowest BCUT2D eigenvalue weighted by atomic mass is 10.5. The van der Waals surface area contributed by atoms with Gasteiger partial charge in [-0.2, -0.15) is 0 Å². The molecule has 0 aromatic rings. The monoisotopic (exact) mass is 236 g/mol. The Morgan fingerprint density at radius 1 is 0.933 bits per heavy atom. The molecule has 0 aromatic carbocycles. The lowest BCUT2D eigenvalue weighted by Gasteiger charge is -2.06. The maximum atomic E-state index is 5.34. The van der Waals surface area contributed by atoms with Gasteiger partial charge in [0.1, 0.15) is 0 Å². The molecule has 0 rings (SSSR count). The van der Waals surface area contributed by atoms with Crippen molar-refractivity contribution in [2.75, 3.05) is 58.7 Å². The van der Waals surface area contributed by atoms with E-state index in [2.05, 4.69) is 16.0 Å². The molecule has 0 atom stereocenters. The van der Waals surface area contributed by atoms with Crippen LogP contribution in [0.15, 0.2) is 0 Å². The van der Waals surface area contributed by atoms with Crippen LogP contribution in [0.4, 0.5) is 0 Å². The predicted molar refractivity (Wildman–Crippen MR) is 67.1 cm³/mol.